The summed E-state index contributed by atoms with van der Waals surface area (Å²) in [5.41, 5.74) is 2.14. The Hall–Kier alpha value is -3.85. The highest BCUT2D eigenvalue weighted by molar-refractivity contribution is 7.99. The summed E-state index contributed by atoms with van der Waals surface area (Å²) in [5.74, 6) is -0.842. The molecule has 1 heterocycles. The number of amides is 1. The topological polar surface area (TPSA) is 76.9 Å². The first-order chi connectivity index (χ1) is 16.9. The van der Waals surface area contributed by atoms with Crippen LogP contribution in [0.4, 0.5) is 8.78 Å². The lowest BCUT2D eigenvalue weighted by molar-refractivity contribution is -0.125. The van der Waals surface area contributed by atoms with Gasteiger partial charge in [0, 0.05) is 11.3 Å². The van der Waals surface area contributed by atoms with Crippen LogP contribution >= 0.6 is 11.8 Å². The van der Waals surface area contributed by atoms with E-state index in [1.165, 1.54) is 31.2 Å². The number of nitrogens with zero attached hydrogens (tertiary/aromatic N) is 3. The lowest BCUT2D eigenvalue weighted by atomic mass is 10.0. The van der Waals surface area contributed by atoms with Gasteiger partial charge in [0.25, 0.3) is 0 Å². The van der Waals surface area contributed by atoms with E-state index in [2.05, 4.69) is 15.5 Å². The summed E-state index contributed by atoms with van der Waals surface area (Å²) in [6.07, 6.45) is 0.396. The highest BCUT2D eigenvalue weighted by Gasteiger charge is 2.20. The zero-order chi connectivity index (χ0) is 24.8. The molecular formula is C26H22F2N4O2S. The first kappa shape index (κ1) is 24.3. The van der Waals surface area contributed by atoms with E-state index in [9.17, 15) is 18.4 Å². The van der Waals surface area contributed by atoms with Gasteiger partial charge < -0.3 is 5.32 Å². The highest BCUT2D eigenvalue weighted by Crippen LogP contribution is 2.28. The first-order valence-corrected chi connectivity index (χ1v) is 11.8. The molecule has 3 aromatic carbocycles. The number of halogens is 2. The van der Waals surface area contributed by atoms with Crippen LogP contribution in [0.5, 0.6) is 0 Å². The fourth-order valence-corrected chi connectivity index (χ4v) is 4.25. The van der Waals surface area contributed by atoms with Gasteiger partial charge in [0.15, 0.2) is 16.8 Å². The monoisotopic (exact) mass is 492 g/mol. The third kappa shape index (κ3) is 6.19. The number of carbonyl (C=O) groups excluding carboxylic acids is 2. The van der Waals surface area contributed by atoms with E-state index in [0.717, 1.165) is 17.3 Å². The summed E-state index contributed by atoms with van der Waals surface area (Å²) in [6, 6.07) is 20.3. The number of hydrogen-bond acceptors (Lipinski definition) is 5. The molecule has 35 heavy (non-hydrogen) atoms. The molecule has 1 atom stereocenters. The lowest BCUT2D eigenvalue weighted by Crippen LogP contribution is -2.42. The predicted octanol–water partition coefficient (Wildman–Crippen LogP) is 4.62. The minimum Gasteiger partial charge on any atom is -0.345 e. The van der Waals surface area contributed by atoms with Crippen molar-refractivity contribution in [3.63, 3.8) is 0 Å². The second kappa shape index (κ2) is 11.1. The van der Waals surface area contributed by atoms with Crippen molar-refractivity contribution in [1.82, 2.24) is 20.1 Å². The van der Waals surface area contributed by atoms with E-state index in [4.69, 9.17) is 0 Å². The summed E-state index contributed by atoms with van der Waals surface area (Å²) in [4.78, 5) is 24.8. The SMILES string of the molecule is CC(=O)C(Cc1ccccc1)NC(=O)CSc1nnc(-c2ccc(F)cc2)n1-c1ccc(F)cc1. The maximum atomic E-state index is 13.5. The van der Waals surface area contributed by atoms with E-state index >= 15 is 0 Å². The Labute approximate surface area is 205 Å². The Balaban J connectivity index is 1.53. The second-order valence-corrected chi connectivity index (χ2v) is 8.78. The van der Waals surface area contributed by atoms with Crippen molar-refractivity contribution in [2.24, 2.45) is 0 Å². The number of aromatic nitrogens is 3. The van der Waals surface area contributed by atoms with Crippen LogP contribution < -0.4 is 5.32 Å². The molecule has 0 saturated carbocycles. The Morgan fingerprint density at radius 2 is 1.54 bits per heavy atom. The van der Waals surface area contributed by atoms with Gasteiger partial charge in [-0.15, -0.1) is 10.2 Å². The summed E-state index contributed by atoms with van der Waals surface area (Å²) >= 11 is 1.13. The molecule has 0 aliphatic heterocycles. The molecule has 0 aliphatic rings. The standard InChI is InChI=1S/C26H22F2N4O2S/c1-17(33)23(15-18-5-3-2-4-6-18)29-24(34)16-35-26-31-30-25(19-7-9-20(27)10-8-19)32(26)22-13-11-21(28)12-14-22/h2-14,23H,15-16H2,1H3,(H,29,34). The molecule has 0 fully saturated rings. The smallest absolute Gasteiger partial charge is 0.231 e. The zero-order valence-electron chi connectivity index (χ0n) is 18.8. The number of Topliss-reactive ketones (excluding diaryl/α,β-unsaturated/α-hetero) is 1. The normalized spacial score (nSPS) is 11.7. The van der Waals surface area contributed by atoms with Crippen LogP contribution in [0, 0.1) is 11.6 Å². The highest BCUT2D eigenvalue weighted by atomic mass is 32.2. The molecule has 6 nitrogen and oxygen atoms in total. The third-order valence-electron chi connectivity index (χ3n) is 5.26. The van der Waals surface area contributed by atoms with Crippen molar-refractivity contribution >= 4 is 23.5 Å². The van der Waals surface area contributed by atoms with E-state index in [0.29, 0.717) is 28.7 Å². The molecule has 0 saturated heterocycles. The second-order valence-electron chi connectivity index (χ2n) is 7.83. The Morgan fingerprint density at radius 1 is 0.914 bits per heavy atom. The lowest BCUT2D eigenvalue weighted by Gasteiger charge is -2.16. The van der Waals surface area contributed by atoms with Crippen molar-refractivity contribution in [3.8, 4) is 17.1 Å². The minimum atomic E-state index is -0.643. The van der Waals surface area contributed by atoms with Crippen molar-refractivity contribution in [1.29, 1.82) is 0 Å². The van der Waals surface area contributed by atoms with E-state index < -0.39 is 11.9 Å². The van der Waals surface area contributed by atoms with Crippen LogP contribution in [0.1, 0.15) is 12.5 Å². The summed E-state index contributed by atoms with van der Waals surface area (Å²) in [7, 11) is 0. The van der Waals surface area contributed by atoms with Gasteiger partial charge in [0.2, 0.25) is 5.91 Å². The van der Waals surface area contributed by atoms with Crippen LogP contribution in [-0.4, -0.2) is 38.2 Å². The molecule has 4 aromatic rings. The van der Waals surface area contributed by atoms with E-state index in [1.54, 1.807) is 28.8 Å². The zero-order valence-corrected chi connectivity index (χ0v) is 19.6. The van der Waals surface area contributed by atoms with Crippen molar-refractivity contribution < 1.29 is 18.4 Å². The molecule has 0 radical (unpaired) electrons. The van der Waals surface area contributed by atoms with E-state index in [-0.39, 0.29) is 23.3 Å². The third-order valence-corrected chi connectivity index (χ3v) is 6.19. The van der Waals surface area contributed by atoms with E-state index in [1.807, 2.05) is 30.3 Å². The Kier molecular flexibility index (Phi) is 7.67. The predicted molar refractivity (Wildman–Crippen MR) is 130 cm³/mol. The minimum absolute atomic E-state index is 0.0126. The number of rotatable bonds is 9. The van der Waals surface area contributed by atoms with Gasteiger partial charge >= 0.3 is 0 Å². The van der Waals surface area contributed by atoms with Gasteiger partial charge in [-0.3, -0.25) is 14.2 Å². The van der Waals surface area contributed by atoms with Gasteiger partial charge in [0.1, 0.15) is 11.6 Å². The molecular weight excluding hydrogens is 470 g/mol. The quantitative estimate of drug-likeness (QED) is 0.345. The number of hydrogen-bond donors (Lipinski definition) is 1. The molecule has 178 valence electrons. The maximum Gasteiger partial charge on any atom is 0.231 e. The Morgan fingerprint density at radius 3 is 2.17 bits per heavy atom. The molecule has 0 spiro atoms. The maximum absolute atomic E-state index is 13.5. The summed E-state index contributed by atoms with van der Waals surface area (Å²) in [6.45, 7) is 1.45. The van der Waals surface area contributed by atoms with Crippen molar-refractivity contribution in [2.75, 3.05) is 5.75 Å². The first-order valence-electron chi connectivity index (χ1n) is 10.8. The van der Waals surface area contributed by atoms with Gasteiger partial charge in [-0.2, -0.15) is 0 Å². The van der Waals surface area contributed by atoms with Gasteiger partial charge in [-0.05, 0) is 67.4 Å². The largest absolute Gasteiger partial charge is 0.345 e. The van der Waals surface area contributed by atoms with Crippen LogP contribution in [-0.2, 0) is 16.0 Å². The fraction of sp³-hybridized carbons (Fsp3) is 0.154. The molecule has 1 unspecified atom stereocenters. The molecule has 1 N–H and O–H groups in total. The average Bonchev–Trinajstić information content (AvgIpc) is 3.28. The number of nitrogens with one attached hydrogen (secondary N) is 1. The van der Waals surface area contributed by atoms with Gasteiger partial charge in [-0.1, -0.05) is 42.1 Å². The molecule has 0 aliphatic carbocycles. The van der Waals surface area contributed by atoms with Crippen molar-refractivity contribution in [3.05, 3.63) is 96.1 Å². The molecule has 1 amide bonds. The van der Waals surface area contributed by atoms with Gasteiger partial charge in [-0.25, -0.2) is 8.78 Å². The van der Waals surface area contributed by atoms with Gasteiger partial charge in [0.05, 0.1) is 11.8 Å². The van der Waals surface area contributed by atoms with Crippen LogP contribution in [0.2, 0.25) is 0 Å². The van der Waals surface area contributed by atoms with Crippen LogP contribution in [0.15, 0.2) is 84.0 Å². The van der Waals surface area contributed by atoms with Crippen LogP contribution in [0.25, 0.3) is 17.1 Å². The number of ketones is 1. The fourth-order valence-electron chi connectivity index (χ4n) is 3.48. The number of thioether (sulfide) groups is 1. The van der Waals surface area contributed by atoms with Crippen LogP contribution in [0.3, 0.4) is 0 Å². The number of benzene rings is 3. The molecule has 9 heteroatoms. The number of carbonyl (C=O) groups is 2. The summed E-state index contributed by atoms with van der Waals surface area (Å²) < 4.78 is 28.6. The average molecular weight is 493 g/mol. The molecule has 0 bridgehead atoms. The summed E-state index contributed by atoms with van der Waals surface area (Å²) in [5, 5.41) is 11.6. The van der Waals surface area contributed by atoms with Crippen molar-refractivity contribution in [2.45, 2.75) is 24.5 Å². The molecule has 4 rings (SSSR count). The Bertz CT molecular complexity index is 1310. The molecule has 1 aromatic heterocycles.